The van der Waals surface area contributed by atoms with E-state index in [2.05, 4.69) is 24.4 Å². The monoisotopic (exact) mass is 193 g/mol. The highest BCUT2D eigenvalue weighted by molar-refractivity contribution is 5.76. The van der Waals surface area contributed by atoms with Gasteiger partial charge < -0.3 is 5.32 Å². The number of amides is 1. The van der Waals surface area contributed by atoms with Gasteiger partial charge in [-0.3, -0.25) is 4.79 Å². The minimum atomic E-state index is 0.248. The fraction of sp³-hybridized carbons (Fsp3) is 0.750. The van der Waals surface area contributed by atoms with Crippen molar-refractivity contribution < 1.29 is 4.79 Å². The van der Waals surface area contributed by atoms with Crippen molar-refractivity contribution in [2.45, 2.75) is 32.6 Å². The van der Waals surface area contributed by atoms with Gasteiger partial charge in [0.05, 0.1) is 0 Å². The maximum atomic E-state index is 11.5. The molecule has 3 atom stereocenters. The molecule has 2 aliphatic rings. The van der Waals surface area contributed by atoms with E-state index in [1.807, 2.05) is 0 Å². The van der Waals surface area contributed by atoms with E-state index in [9.17, 15) is 4.79 Å². The van der Waals surface area contributed by atoms with Crippen molar-refractivity contribution >= 4 is 5.91 Å². The number of carbonyl (C=O) groups excluding carboxylic acids is 1. The van der Waals surface area contributed by atoms with Crippen LogP contribution in [0.3, 0.4) is 0 Å². The van der Waals surface area contributed by atoms with Gasteiger partial charge in [-0.15, -0.1) is 0 Å². The van der Waals surface area contributed by atoms with Crippen LogP contribution in [0.2, 0.25) is 0 Å². The van der Waals surface area contributed by atoms with E-state index in [1.165, 1.54) is 12.8 Å². The minimum absolute atomic E-state index is 0.248. The summed E-state index contributed by atoms with van der Waals surface area (Å²) >= 11 is 0. The smallest absolute Gasteiger partial charge is 0.220 e. The van der Waals surface area contributed by atoms with Gasteiger partial charge in [-0.1, -0.05) is 19.1 Å². The first kappa shape index (κ1) is 9.75. The topological polar surface area (TPSA) is 29.1 Å². The van der Waals surface area contributed by atoms with Gasteiger partial charge in [0.1, 0.15) is 0 Å². The third-order valence-electron chi connectivity index (χ3n) is 3.44. The van der Waals surface area contributed by atoms with Crippen molar-refractivity contribution in [2.24, 2.45) is 17.8 Å². The maximum Gasteiger partial charge on any atom is 0.220 e. The molecule has 0 aromatic heterocycles. The van der Waals surface area contributed by atoms with Gasteiger partial charge in [0.15, 0.2) is 0 Å². The van der Waals surface area contributed by atoms with E-state index in [-0.39, 0.29) is 5.91 Å². The molecule has 0 aromatic rings. The number of hydrogen-bond acceptors (Lipinski definition) is 1. The normalized spacial score (nSPS) is 33.6. The lowest BCUT2D eigenvalue weighted by molar-refractivity contribution is -0.122. The number of allylic oxidation sites excluding steroid dienone is 2. The summed E-state index contributed by atoms with van der Waals surface area (Å²) in [6, 6.07) is 0. The molecule has 1 fully saturated rings. The van der Waals surface area contributed by atoms with Crippen LogP contribution >= 0.6 is 0 Å². The van der Waals surface area contributed by atoms with Gasteiger partial charge in [0.25, 0.3) is 0 Å². The molecule has 1 saturated carbocycles. The standard InChI is InChI=1S/C12H19NO/c1-2-5-13-12(14)8-11-7-9-3-4-10(11)6-9/h3-4,9-11H,2,5-8H2,1H3,(H,13,14). The molecule has 3 unspecified atom stereocenters. The van der Waals surface area contributed by atoms with Crippen LogP contribution in [0.1, 0.15) is 32.6 Å². The molecular weight excluding hydrogens is 174 g/mol. The van der Waals surface area contributed by atoms with Gasteiger partial charge >= 0.3 is 0 Å². The van der Waals surface area contributed by atoms with Gasteiger partial charge in [0.2, 0.25) is 5.91 Å². The molecule has 0 radical (unpaired) electrons. The highest BCUT2D eigenvalue weighted by Crippen LogP contribution is 2.44. The summed E-state index contributed by atoms with van der Waals surface area (Å²) in [4.78, 5) is 11.5. The maximum absolute atomic E-state index is 11.5. The first-order valence-corrected chi connectivity index (χ1v) is 5.74. The minimum Gasteiger partial charge on any atom is -0.356 e. The van der Waals surface area contributed by atoms with E-state index >= 15 is 0 Å². The Morgan fingerprint density at radius 1 is 1.43 bits per heavy atom. The summed E-state index contributed by atoms with van der Waals surface area (Å²) in [6.45, 7) is 2.91. The molecule has 0 aromatic carbocycles. The first-order valence-electron chi connectivity index (χ1n) is 5.74. The van der Waals surface area contributed by atoms with E-state index in [4.69, 9.17) is 0 Å². The van der Waals surface area contributed by atoms with Gasteiger partial charge in [-0.2, -0.15) is 0 Å². The predicted octanol–water partition coefficient (Wildman–Crippen LogP) is 2.11. The Bertz CT molecular complexity index is 247. The fourth-order valence-electron chi connectivity index (χ4n) is 2.70. The number of carbonyl (C=O) groups is 1. The van der Waals surface area contributed by atoms with Gasteiger partial charge in [-0.05, 0) is 37.0 Å². The lowest BCUT2D eigenvalue weighted by atomic mass is 9.90. The Hall–Kier alpha value is -0.790. The van der Waals surface area contributed by atoms with Crippen molar-refractivity contribution in [1.82, 2.24) is 5.32 Å². The third kappa shape index (κ3) is 1.99. The fourth-order valence-corrected chi connectivity index (χ4v) is 2.70. The SMILES string of the molecule is CCCNC(=O)CC1CC2C=CC1C2. The highest BCUT2D eigenvalue weighted by Gasteiger charge is 2.36. The van der Waals surface area contributed by atoms with Crippen LogP contribution in [0, 0.1) is 17.8 Å². The number of rotatable bonds is 4. The molecule has 0 aliphatic heterocycles. The second kappa shape index (κ2) is 4.16. The van der Waals surface area contributed by atoms with Gasteiger partial charge in [0, 0.05) is 13.0 Å². The van der Waals surface area contributed by atoms with Crippen molar-refractivity contribution in [2.75, 3.05) is 6.54 Å². The molecule has 14 heavy (non-hydrogen) atoms. The van der Waals surface area contributed by atoms with Crippen LogP contribution in [0.25, 0.3) is 0 Å². The van der Waals surface area contributed by atoms with E-state index < -0.39 is 0 Å². The molecule has 2 heteroatoms. The Morgan fingerprint density at radius 3 is 2.86 bits per heavy atom. The lowest BCUT2D eigenvalue weighted by Crippen LogP contribution is -2.27. The molecular formula is C12H19NO. The van der Waals surface area contributed by atoms with E-state index in [0.29, 0.717) is 11.8 Å². The van der Waals surface area contributed by atoms with Crippen molar-refractivity contribution in [3.05, 3.63) is 12.2 Å². The molecule has 2 nitrogen and oxygen atoms in total. The Morgan fingerprint density at radius 2 is 2.29 bits per heavy atom. The zero-order valence-electron chi connectivity index (χ0n) is 8.83. The quantitative estimate of drug-likeness (QED) is 0.681. The van der Waals surface area contributed by atoms with Crippen LogP contribution in [-0.4, -0.2) is 12.5 Å². The van der Waals surface area contributed by atoms with E-state index in [0.717, 1.165) is 25.3 Å². The predicted molar refractivity (Wildman–Crippen MR) is 56.8 cm³/mol. The summed E-state index contributed by atoms with van der Waals surface area (Å²) in [7, 11) is 0. The summed E-state index contributed by atoms with van der Waals surface area (Å²) in [5.74, 6) is 2.36. The van der Waals surface area contributed by atoms with Crippen molar-refractivity contribution in [1.29, 1.82) is 0 Å². The lowest BCUT2D eigenvalue weighted by Gasteiger charge is -2.17. The van der Waals surface area contributed by atoms with Crippen LogP contribution in [0.4, 0.5) is 0 Å². The Labute approximate surface area is 85.8 Å². The third-order valence-corrected chi connectivity index (χ3v) is 3.44. The molecule has 2 aliphatic carbocycles. The van der Waals surface area contributed by atoms with Crippen LogP contribution in [0.15, 0.2) is 12.2 Å². The summed E-state index contributed by atoms with van der Waals surface area (Å²) in [5.41, 5.74) is 0. The van der Waals surface area contributed by atoms with Crippen molar-refractivity contribution in [3.8, 4) is 0 Å². The molecule has 0 heterocycles. The average Bonchev–Trinajstić information content (AvgIpc) is 2.76. The van der Waals surface area contributed by atoms with Crippen LogP contribution < -0.4 is 5.32 Å². The molecule has 0 saturated heterocycles. The number of hydrogen-bond donors (Lipinski definition) is 1. The second-order valence-corrected chi connectivity index (χ2v) is 4.59. The Balaban J connectivity index is 1.76. The number of nitrogens with one attached hydrogen (secondary N) is 1. The van der Waals surface area contributed by atoms with Crippen molar-refractivity contribution in [3.63, 3.8) is 0 Å². The molecule has 78 valence electrons. The largest absolute Gasteiger partial charge is 0.356 e. The molecule has 0 spiro atoms. The van der Waals surface area contributed by atoms with Gasteiger partial charge in [-0.25, -0.2) is 0 Å². The summed E-state index contributed by atoms with van der Waals surface area (Å²) in [6.07, 6.45) is 8.94. The summed E-state index contributed by atoms with van der Waals surface area (Å²) < 4.78 is 0. The van der Waals surface area contributed by atoms with Crippen LogP contribution in [0.5, 0.6) is 0 Å². The summed E-state index contributed by atoms with van der Waals surface area (Å²) in [5, 5.41) is 2.96. The van der Waals surface area contributed by atoms with E-state index in [1.54, 1.807) is 0 Å². The number of fused-ring (bicyclic) bond motifs is 2. The molecule has 2 rings (SSSR count). The second-order valence-electron chi connectivity index (χ2n) is 4.59. The zero-order chi connectivity index (χ0) is 9.97. The average molecular weight is 193 g/mol. The Kier molecular flexibility index (Phi) is 2.90. The molecule has 2 bridgehead atoms. The molecule has 1 N–H and O–H groups in total. The van der Waals surface area contributed by atoms with Crippen LogP contribution in [-0.2, 0) is 4.79 Å². The first-order chi connectivity index (χ1) is 6.79. The molecule has 1 amide bonds. The zero-order valence-corrected chi connectivity index (χ0v) is 8.83. The highest BCUT2D eigenvalue weighted by atomic mass is 16.1.